The third kappa shape index (κ3) is 6.51. The van der Waals surface area contributed by atoms with E-state index in [-0.39, 0.29) is 5.70 Å². The molecule has 0 bridgehead atoms. The summed E-state index contributed by atoms with van der Waals surface area (Å²) in [5.74, 6) is -2.36. The molecule has 144 valence electrons. The number of benzene rings is 2. The maximum Gasteiger partial charge on any atom is 0.325 e. The SMILES string of the molecule is C[C@@H](NC(=O)/C(=C\C=C\c1ccccc1)NC(=O)c1cccc(Br)c1)C(=O)O. The van der Waals surface area contributed by atoms with Gasteiger partial charge in [-0.05, 0) is 36.8 Å². The zero-order valence-corrected chi connectivity index (χ0v) is 16.6. The smallest absolute Gasteiger partial charge is 0.325 e. The van der Waals surface area contributed by atoms with Crippen molar-refractivity contribution in [2.45, 2.75) is 13.0 Å². The van der Waals surface area contributed by atoms with E-state index in [0.717, 1.165) is 10.0 Å². The lowest BCUT2D eigenvalue weighted by Crippen LogP contribution is -2.42. The van der Waals surface area contributed by atoms with Gasteiger partial charge in [0, 0.05) is 10.0 Å². The highest BCUT2D eigenvalue weighted by molar-refractivity contribution is 9.10. The summed E-state index contributed by atoms with van der Waals surface area (Å²) in [5.41, 5.74) is 1.20. The van der Waals surface area contributed by atoms with Crippen molar-refractivity contribution in [2.24, 2.45) is 0 Å². The Balaban J connectivity index is 2.23. The summed E-state index contributed by atoms with van der Waals surface area (Å²) in [6.07, 6.45) is 4.79. The van der Waals surface area contributed by atoms with Gasteiger partial charge in [-0.2, -0.15) is 0 Å². The third-order valence-corrected chi connectivity index (χ3v) is 4.14. The quantitative estimate of drug-likeness (QED) is 0.452. The Hall–Kier alpha value is -3.19. The van der Waals surface area contributed by atoms with Crippen LogP contribution in [0.1, 0.15) is 22.8 Å². The molecule has 1 atom stereocenters. The number of carbonyl (C=O) groups is 3. The largest absolute Gasteiger partial charge is 0.480 e. The molecule has 2 amide bonds. The molecule has 3 N–H and O–H groups in total. The van der Waals surface area contributed by atoms with Gasteiger partial charge in [-0.1, -0.05) is 64.5 Å². The van der Waals surface area contributed by atoms with Gasteiger partial charge in [-0.25, -0.2) is 0 Å². The van der Waals surface area contributed by atoms with Crippen LogP contribution in [-0.4, -0.2) is 28.9 Å². The number of halogens is 1. The number of carboxylic acids is 1. The summed E-state index contributed by atoms with van der Waals surface area (Å²) in [7, 11) is 0. The molecule has 2 aromatic carbocycles. The number of hydrogen-bond donors (Lipinski definition) is 3. The van der Waals surface area contributed by atoms with Gasteiger partial charge in [-0.3, -0.25) is 14.4 Å². The van der Waals surface area contributed by atoms with Crippen molar-refractivity contribution >= 4 is 39.8 Å². The highest BCUT2D eigenvalue weighted by Gasteiger charge is 2.19. The zero-order chi connectivity index (χ0) is 20.5. The Morgan fingerprint density at radius 3 is 2.43 bits per heavy atom. The molecule has 0 spiro atoms. The van der Waals surface area contributed by atoms with Crippen molar-refractivity contribution in [3.63, 3.8) is 0 Å². The fourth-order valence-electron chi connectivity index (χ4n) is 2.15. The minimum atomic E-state index is -1.18. The molecule has 0 aromatic heterocycles. The van der Waals surface area contributed by atoms with E-state index >= 15 is 0 Å². The topological polar surface area (TPSA) is 95.5 Å². The predicted octanol–water partition coefficient (Wildman–Crippen LogP) is 3.37. The molecule has 7 heteroatoms. The van der Waals surface area contributed by atoms with E-state index in [0.29, 0.717) is 5.56 Å². The molecule has 0 unspecified atom stereocenters. The Kier molecular flexibility index (Phi) is 7.71. The molecular formula is C21H19BrN2O4. The van der Waals surface area contributed by atoms with Crippen molar-refractivity contribution in [1.29, 1.82) is 0 Å². The summed E-state index contributed by atoms with van der Waals surface area (Å²) >= 11 is 3.29. The summed E-state index contributed by atoms with van der Waals surface area (Å²) in [4.78, 5) is 35.9. The average molecular weight is 443 g/mol. The monoisotopic (exact) mass is 442 g/mol. The van der Waals surface area contributed by atoms with E-state index < -0.39 is 23.8 Å². The molecule has 0 fully saturated rings. The molecule has 28 heavy (non-hydrogen) atoms. The second-order valence-electron chi connectivity index (χ2n) is 5.85. The fraction of sp³-hybridized carbons (Fsp3) is 0.0952. The van der Waals surface area contributed by atoms with Crippen LogP contribution >= 0.6 is 15.9 Å². The maximum absolute atomic E-state index is 12.5. The van der Waals surface area contributed by atoms with E-state index in [1.54, 1.807) is 36.4 Å². The molecule has 6 nitrogen and oxygen atoms in total. The van der Waals surface area contributed by atoms with Crippen molar-refractivity contribution in [3.8, 4) is 0 Å². The number of aliphatic carboxylic acids is 1. The van der Waals surface area contributed by atoms with Gasteiger partial charge in [-0.15, -0.1) is 0 Å². The Morgan fingerprint density at radius 2 is 1.79 bits per heavy atom. The number of nitrogens with one attached hydrogen (secondary N) is 2. The molecule has 2 rings (SSSR count). The highest BCUT2D eigenvalue weighted by atomic mass is 79.9. The van der Waals surface area contributed by atoms with Gasteiger partial charge in [0.1, 0.15) is 11.7 Å². The third-order valence-electron chi connectivity index (χ3n) is 3.65. The number of carboxylic acid groups (broad SMARTS) is 1. The van der Waals surface area contributed by atoms with E-state index in [1.807, 2.05) is 30.3 Å². The summed E-state index contributed by atoms with van der Waals surface area (Å²) in [5, 5.41) is 13.9. The second-order valence-corrected chi connectivity index (χ2v) is 6.76. The maximum atomic E-state index is 12.5. The number of allylic oxidation sites excluding steroid dienone is 2. The van der Waals surface area contributed by atoms with Gasteiger partial charge in [0.25, 0.3) is 11.8 Å². The molecule has 2 aromatic rings. The van der Waals surface area contributed by atoms with Gasteiger partial charge >= 0.3 is 5.97 Å². The van der Waals surface area contributed by atoms with Crippen molar-refractivity contribution < 1.29 is 19.5 Å². The van der Waals surface area contributed by atoms with Crippen LogP contribution < -0.4 is 10.6 Å². The van der Waals surface area contributed by atoms with E-state index in [9.17, 15) is 14.4 Å². The van der Waals surface area contributed by atoms with Gasteiger partial charge < -0.3 is 15.7 Å². The number of hydrogen-bond acceptors (Lipinski definition) is 3. The van der Waals surface area contributed by atoms with Crippen molar-refractivity contribution in [3.05, 3.63) is 88.0 Å². The molecule has 0 radical (unpaired) electrons. The van der Waals surface area contributed by atoms with Crippen LogP contribution in [0.2, 0.25) is 0 Å². The van der Waals surface area contributed by atoms with Gasteiger partial charge in [0.2, 0.25) is 0 Å². The summed E-state index contributed by atoms with van der Waals surface area (Å²) < 4.78 is 0.721. The van der Waals surface area contributed by atoms with Crippen LogP contribution in [-0.2, 0) is 9.59 Å². The lowest BCUT2D eigenvalue weighted by molar-refractivity contribution is -0.140. The minimum Gasteiger partial charge on any atom is -0.480 e. The predicted molar refractivity (Wildman–Crippen MR) is 110 cm³/mol. The van der Waals surface area contributed by atoms with Crippen LogP contribution in [0.15, 0.2) is 76.9 Å². The molecule has 0 aliphatic carbocycles. The first-order chi connectivity index (χ1) is 13.4. The van der Waals surface area contributed by atoms with E-state index in [2.05, 4.69) is 26.6 Å². The normalized spacial score (nSPS) is 12.4. The summed E-state index contributed by atoms with van der Waals surface area (Å²) in [6, 6.07) is 15.0. The lowest BCUT2D eigenvalue weighted by atomic mass is 10.2. The molecule has 0 aliphatic rings. The van der Waals surface area contributed by atoms with Crippen molar-refractivity contribution in [1.82, 2.24) is 10.6 Å². The number of carbonyl (C=O) groups excluding carboxylic acids is 2. The highest BCUT2D eigenvalue weighted by Crippen LogP contribution is 2.12. The van der Waals surface area contributed by atoms with Crippen LogP contribution in [0.3, 0.4) is 0 Å². The van der Waals surface area contributed by atoms with Crippen LogP contribution in [0.25, 0.3) is 6.08 Å². The Labute approximate surface area is 171 Å². The first-order valence-electron chi connectivity index (χ1n) is 8.41. The fourth-order valence-corrected chi connectivity index (χ4v) is 2.55. The molecular weight excluding hydrogens is 424 g/mol. The lowest BCUT2D eigenvalue weighted by Gasteiger charge is -2.13. The molecule has 0 aliphatic heterocycles. The zero-order valence-electron chi connectivity index (χ0n) is 15.1. The Morgan fingerprint density at radius 1 is 1.07 bits per heavy atom. The van der Waals surface area contributed by atoms with Gasteiger partial charge in [0.05, 0.1) is 0 Å². The van der Waals surface area contributed by atoms with Crippen LogP contribution in [0, 0.1) is 0 Å². The van der Waals surface area contributed by atoms with Crippen LogP contribution in [0.4, 0.5) is 0 Å². The standard InChI is InChI=1S/C21H19BrN2O4/c1-14(21(27)28)23-20(26)18(12-5-9-15-7-3-2-4-8-15)24-19(25)16-10-6-11-17(22)13-16/h2-14H,1H3,(H,23,26)(H,24,25)(H,27,28)/b9-5+,18-12+/t14-/m1/s1. The van der Waals surface area contributed by atoms with Gasteiger partial charge in [0.15, 0.2) is 0 Å². The van der Waals surface area contributed by atoms with E-state index in [4.69, 9.17) is 5.11 Å². The second kappa shape index (κ2) is 10.2. The van der Waals surface area contributed by atoms with E-state index in [1.165, 1.54) is 13.0 Å². The average Bonchev–Trinajstić information content (AvgIpc) is 2.67. The molecule has 0 saturated heterocycles. The summed E-state index contributed by atoms with van der Waals surface area (Å²) in [6.45, 7) is 1.34. The Bertz CT molecular complexity index is 923. The molecule has 0 heterocycles. The minimum absolute atomic E-state index is 0.0646. The molecule has 0 saturated carbocycles. The first kappa shape index (κ1) is 21.1. The first-order valence-corrected chi connectivity index (χ1v) is 9.20. The number of amides is 2. The van der Waals surface area contributed by atoms with Crippen LogP contribution in [0.5, 0.6) is 0 Å². The number of rotatable bonds is 7. The van der Waals surface area contributed by atoms with Crippen molar-refractivity contribution in [2.75, 3.05) is 0 Å².